The summed E-state index contributed by atoms with van der Waals surface area (Å²) in [5.41, 5.74) is 7.24. The van der Waals surface area contributed by atoms with E-state index in [0.717, 1.165) is 16.5 Å². The average Bonchev–Trinajstić information content (AvgIpc) is 2.27. The van der Waals surface area contributed by atoms with Crippen LogP contribution < -0.4 is 11.1 Å². The number of aryl methyl sites for hydroxylation is 1. The van der Waals surface area contributed by atoms with Crippen LogP contribution >= 0.6 is 28.1 Å². The van der Waals surface area contributed by atoms with E-state index >= 15 is 0 Å². The van der Waals surface area contributed by atoms with Gasteiger partial charge in [-0.3, -0.25) is 4.79 Å². The third-order valence-corrected chi connectivity index (χ3v) is 3.47. The van der Waals surface area contributed by atoms with Crippen molar-refractivity contribution in [3.05, 3.63) is 33.8 Å². The van der Waals surface area contributed by atoms with Crippen molar-refractivity contribution < 1.29 is 4.79 Å². The van der Waals surface area contributed by atoms with Gasteiger partial charge in [-0.15, -0.1) is 0 Å². The Bertz CT molecular complexity index is 462. The first-order valence-electron chi connectivity index (χ1n) is 5.79. The van der Waals surface area contributed by atoms with Crippen molar-refractivity contribution in [2.24, 2.45) is 5.73 Å². The first-order chi connectivity index (χ1) is 8.43. The fourth-order valence-electron chi connectivity index (χ4n) is 1.61. The Kier molecular flexibility index (Phi) is 5.75. The quantitative estimate of drug-likeness (QED) is 0.817. The minimum atomic E-state index is -0.107. The second-order valence-corrected chi connectivity index (χ2v) is 5.61. The van der Waals surface area contributed by atoms with Gasteiger partial charge in [0.05, 0.1) is 10.6 Å². The highest BCUT2D eigenvalue weighted by Gasteiger charge is 2.15. The molecule has 0 saturated heterocycles. The predicted molar refractivity (Wildman–Crippen MR) is 81.8 cm³/mol. The molecule has 98 valence electrons. The van der Waals surface area contributed by atoms with Crippen LogP contribution in [0.25, 0.3) is 0 Å². The third-order valence-electron chi connectivity index (χ3n) is 2.64. The molecule has 0 aliphatic rings. The molecule has 1 atom stereocenters. The molecule has 0 spiro atoms. The lowest BCUT2D eigenvalue weighted by Crippen LogP contribution is -2.37. The van der Waals surface area contributed by atoms with Gasteiger partial charge in [0.25, 0.3) is 5.91 Å². The lowest BCUT2D eigenvalue weighted by Gasteiger charge is -2.16. The summed E-state index contributed by atoms with van der Waals surface area (Å²) in [4.78, 5) is 12.5. The molecule has 0 heterocycles. The molecule has 5 heteroatoms. The maximum Gasteiger partial charge on any atom is 0.252 e. The van der Waals surface area contributed by atoms with E-state index in [2.05, 4.69) is 21.2 Å². The molecule has 0 radical (unpaired) electrons. The van der Waals surface area contributed by atoms with Gasteiger partial charge in [-0.25, -0.2) is 0 Å². The van der Waals surface area contributed by atoms with Gasteiger partial charge in [0, 0.05) is 16.9 Å². The normalized spacial score (nSPS) is 11.9. The maximum atomic E-state index is 12.1. The molecule has 18 heavy (non-hydrogen) atoms. The van der Waals surface area contributed by atoms with E-state index in [1.807, 2.05) is 32.0 Å². The van der Waals surface area contributed by atoms with Crippen LogP contribution in [0, 0.1) is 6.92 Å². The summed E-state index contributed by atoms with van der Waals surface area (Å²) in [6.45, 7) is 3.97. The minimum absolute atomic E-state index is 0.0109. The Balaban J connectivity index is 2.77. The highest BCUT2D eigenvalue weighted by molar-refractivity contribution is 9.10. The Hall–Kier alpha value is -0.940. The highest BCUT2D eigenvalue weighted by Crippen LogP contribution is 2.18. The zero-order valence-electron chi connectivity index (χ0n) is 10.5. The number of thiocarbonyl (C=S) groups is 1. The van der Waals surface area contributed by atoms with Crippen LogP contribution in [0.1, 0.15) is 35.7 Å². The lowest BCUT2D eigenvalue weighted by molar-refractivity contribution is 0.0936. The molecule has 1 aromatic rings. The van der Waals surface area contributed by atoms with Gasteiger partial charge in [0.15, 0.2) is 0 Å². The molecule has 1 rings (SSSR count). The van der Waals surface area contributed by atoms with Crippen LogP contribution in [0.5, 0.6) is 0 Å². The first kappa shape index (κ1) is 15.1. The van der Waals surface area contributed by atoms with Crippen molar-refractivity contribution in [2.45, 2.75) is 32.7 Å². The van der Waals surface area contributed by atoms with Gasteiger partial charge in [0.1, 0.15) is 0 Å². The summed E-state index contributed by atoms with van der Waals surface area (Å²) in [6, 6.07) is 5.63. The molecule has 0 fully saturated rings. The van der Waals surface area contributed by atoms with Crippen LogP contribution in [0.3, 0.4) is 0 Å². The Morgan fingerprint density at radius 3 is 2.72 bits per heavy atom. The Morgan fingerprint density at radius 1 is 1.56 bits per heavy atom. The number of nitrogens with two attached hydrogens (primary N) is 1. The molecular weight excluding hydrogens is 312 g/mol. The highest BCUT2D eigenvalue weighted by atomic mass is 79.9. The zero-order valence-corrected chi connectivity index (χ0v) is 12.9. The largest absolute Gasteiger partial charge is 0.393 e. The predicted octanol–water partition coefficient (Wildman–Crippen LogP) is 2.94. The van der Waals surface area contributed by atoms with Crippen molar-refractivity contribution in [2.75, 3.05) is 0 Å². The summed E-state index contributed by atoms with van der Waals surface area (Å²) < 4.78 is 0.796. The number of hydrogen-bond acceptors (Lipinski definition) is 2. The monoisotopic (exact) mass is 328 g/mol. The van der Waals surface area contributed by atoms with E-state index in [9.17, 15) is 4.79 Å². The average molecular weight is 329 g/mol. The van der Waals surface area contributed by atoms with Gasteiger partial charge < -0.3 is 11.1 Å². The van der Waals surface area contributed by atoms with E-state index in [0.29, 0.717) is 17.0 Å². The SMILES string of the molecule is CCC(CC(N)=S)NC(=O)c1ccc(C)cc1Br. The second kappa shape index (κ2) is 6.85. The molecule has 1 amide bonds. The number of carbonyl (C=O) groups is 1. The number of nitrogens with one attached hydrogen (secondary N) is 1. The van der Waals surface area contributed by atoms with Gasteiger partial charge in [-0.1, -0.05) is 25.2 Å². The van der Waals surface area contributed by atoms with Crippen LogP contribution in [0.4, 0.5) is 0 Å². The standard InChI is InChI=1S/C13H17BrN2OS/c1-3-9(7-12(15)18)16-13(17)10-5-4-8(2)6-11(10)14/h4-6,9H,3,7H2,1-2H3,(H2,15,18)(H,16,17). The summed E-state index contributed by atoms with van der Waals surface area (Å²) in [5.74, 6) is -0.107. The van der Waals surface area contributed by atoms with E-state index in [1.54, 1.807) is 0 Å². The lowest BCUT2D eigenvalue weighted by atomic mass is 10.1. The fraction of sp³-hybridized carbons (Fsp3) is 0.385. The molecular formula is C13H17BrN2OS. The molecule has 0 aliphatic heterocycles. The Morgan fingerprint density at radius 2 is 2.22 bits per heavy atom. The number of hydrogen-bond donors (Lipinski definition) is 2. The summed E-state index contributed by atoms with van der Waals surface area (Å²) >= 11 is 8.27. The maximum absolute atomic E-state index is 12.1. The molecule has 3 N–H and O–H groups in total. The van der Waals surface area contributed by atoms with Crippen LogP contribution in [-0.4, -0.2) is 16.9 Å². The fourth-order valence-corrected chi connectivity index (χ4v) is 2.48. The molecule has 0 bridgehead atoms. The van der Waals surface area contributed by atoms with Crippen molar-refractivity contribution in [3.8, 4) is 0 Å². The number of halogens is 1. The molecule has 0 saturated carbocycles. The number of rotatable bonds is 5. The van der Waals surface area contributed by atoms with Crippen LogP contribution in [0.2, 0.25) is 0 Å². The van der Waals surface area contributed by atoms with E-state index in [1.165, 1.54) is 0 Å². The zero-order chi connectivity index (χ0) is 13.7. The molecule has 1 unspecified atom stereocenters. The van der Waals surface area contributed by atoms with Gasteiger partial charge >= 0.3 is 0 Å². The topological polar surface area (TPSA) is 55.1 Å². The van der Waals surface area contributed by atoms with Crippen LogP contribution in [0.15, 0.2) is 22.7 Å². The number of benzene rings is 1. The van der Waals surface area contributed by atoms with Crippen molar-refractivity contribution in [1.29, 1.82) is 0 Å². The Labute approximate surface area is 121 Å². The van der Waals surface area contributed by atoms with Crippen molar-refractivity contribution in [3.63, 3.8) is 0 Å². The van der Waals surface area contributed by atoms with E-state index < -0.39 is 0 Å². The molecule has 1 aromatic carbocycles. The summed E-state index contributed by atoms with van der Waals surface area (Å²) in [7, 11) is 0. The van der Waals surface area contributed by atoms with E-state index in [-0.39, 0.29) is 11.9 Å². The smallest absolute Gasteiger partial charge is 0.252 e. The second-order valence-electron chi connectivity index (χ2n) is 4.23. The first-order valence-corrected chi connectivity index (χ1v) is 6.99. The number of carbonyl (C=O) groups excluding carboxylic acids is 1. The van der Waals surface area contributed by atoms with Crippen molar-refractivity contribution in [1.82, 2.24) is 5.32 Å². The molecule has 3 nitrogen and oxygen atoms in total. The molecule has 0 aliphatic carbocycles. The van der Waals surface area contributed by atoms with Gasteiger partial charge in [-0.05, 0) is 47.0 Å². The summed E-state index contributed by atoms with van der Waals surface area (Å²) in [6.07, 6.45) is 1.33. The van der Waals surface area contributed by atoms with Crippen LogP contribution in [-0.2, 0) is 0 Å². The minimum Gasteiger partial charge on any atom is -0.393 e. The third kappa shape index (κ3) is 4.38. The number of amides is 1. The molecule has 0 aromatic heterocycles. The van der Waals surface area contributed by atoms with Crippen molar-refractivity contribution >= 4 is 39.0 Å². The van der Waals surface area contributed by atoms with Gasteiger partial charge in [0.2, 0.25) is 0 Å². The van der Waals surface area contributed by atoms with Gasteiger partial charge in [-0.2, -0.15) is 0 Å². The van der Waals surface area contributed by atoms with E-state index in [4.69, 9.17) is 18.0 Å². The summed E-state index contributed by atoms with van der Waals surface area (Å²) in [5, 5.41) is 2.94.